The molecular formula is C32H37N3O6. The molecule has 4 N–H and O–H groups in total. The number of nitrogens with zero attached hydrogens (tertiary/aromatic N) is 1. The maximum absolute atomic E-state index is 13.8. The molecule has 1 aliphatic heterocycles. The molecule has 0 aliphatic carbocycles. The van der Waals surface area contributed by atoms with E-state index < -0.39 is 30.0 Å². The number of aryl methyl sites for hydroxylation is 1. The molecule has 9 nitrogen and oxygen atoms in total. The number of ether oxygens (including phenoxy) is 1. The number of amides is 3. The molecular weight excluding hydrogens is 522 g/mol. The minimum atomic E-state index is -1.64. The van der Waals surface area contributed by atoms with Gasteiger partial charge in [-0.05, 0) is 49.1 Å². The first-order valence-corrected chi connectivity index (χ1v) is 13.7. The number of aliphatic hydroxyl groups excluding tert-OH is 1. The van der Waals surface area contributed by atoms with Crippen LogP contribution in [0.3, 0.4) is 0 Å². The Morgan fingerprint density at radius 1 is 1.00 bits per heavy atom. The van der Waals surface area contributed by atoms with Gasteiger partial charge >= 0.3 is 0 Å². The number of nitrogens with one attached hydrogen (secondary N) is 2. The van der Waals surface area contributed by atoms with Crippen LogP contribution in [0.15, 0.2) is 72.8 Å². The Morgan fingerprint density at radius 2 is 1.71 bits per heavy atom. The highest BCUT2D eigenvalue weighted by molar-refractivity contribution is 5.97. The molecule has 0 spiro atoms. The molecule has 3 aromatic rings. The van der Waals surface area contributed by atoms with Crippen molar-refractivity contribution in [3.8, 4) is 5.75 Å². The number of hydrogen-bond acceptors (Lipinski definition) is 6. The summed E-state index contributed by atoms with van der Waals surface area (Å²) in [6, 6.07) is 19.7. The molecule has 3 aromatic carbocycles. The number of aromatic hydroxyl groups is 1. The Bertz CT molecular complexity index is 1380. The first-order valence-electron chi connectivity index (χ1n) is 13.7. The van der Waals surface area contributed by atoms with Crippen molar-refractivity contribution in [2.45, 2.75) is 57.5 Å². The van der Waals surface area contributed by atoms with Gasteiger partial charge in [0.05, 0.1) is 12.1 Å². The fraction of sp³-hybridized carbons (Fsp3) is 0.344. The van der Waals surface area contributed by atoms with Crippen LogP contribution in [0.4, 0.5) is 0 Å². The van der Waals surface area contributed by atoms with Gasteiger partial charge in [-0.2, -0.15) is 0 Å². The summed E-state index contributed by atoms with van der Waals surface area (Å²) in [5.74, 6) is -1.58. The van der Waals surface area contributed by atoms with Crippen LogP contribution in [0.25, 0.3) is 0 Å². The highest BCUT2D eigenvalue weighted by Gasteiger charge is 2.43. The number of aliphatic hydroxyl groups is 1. The summed E-state index contributed by atoms with van der Waals surface area (Å²) in [6.45, 7) is 4.02. The van der Waals surface area contributed by atoms with Crippen LogP contribution in [0.1, 0.15) is 39.0 Å². The van der Waals surface area contributed by atoms with Crippen molar-refractivity contribution in [3.05, 3.63) is 101 Å². The molecule has 9 heteroatoms. The van der Waals surface area contributed by atoms with E-state index in [9.17, 15) is 24.6 Å². The summed E-state index contributed by atoms with van der Waals surface area (Å²) in [7, 11) is 1.52. The molecule has 0 bridgehead atoms. The van der Waals surface area contributed by atoms with Gasteiger partial charge in [0, 0.05) is 37.7 Å². The molecule has 216 valence electrons. The van der Waals surface area contributed by atoms with Crippen molar-refractivity contribution in [1.29, 1.82) is 0 Å². The second-order valence-corrected chi connectivity index (χ2v) is 10.4. The number of benzene rings is 3. The summed E-state index contributed by atoms with van der Waals surface area (Å²) in [5, 5.41) is 27.2. The zero-order valence-corrected chi connectivity index (χ0v) is 23.5. The van der Waals surface area contributed by atoms with Gasteiger partial charge < -0.3 is 30.5 Å². The van der Waals surface area contributed by atoms with E-state index in [0.29, 0.717) is 12.1 Å². The van der Waals surface area contributed by atoms with E-state index in [4.69, 9.17) is 4.74 Å². The second kappa shape index (κ2) is 13.4. The summed E-state index contributed by atoms with van der Waals surface area (Å²) in [5.41, 5.74) is 3.43. The van der Waals surface area contributed by atoms with E-state index in [1.165, 1.54) is 18.1 Å². The van der Waals surface area contributed by atoms with Crippen molar-refractivity contribution < 1.29 is 29.3 Å². The molecule has 41 heavy (non-hydrogen) atoms. The molecule has 4 rings (SSSR count). The molecule has 0 aromatic heterocycles. The average Bonchev–Trinajstić information content (AvgIpc) is 3.42. The number of methoxy groups -OCH3 is 1. The highest BCUT2D eigenvalue weighted by Crippen LogP contribution is 2.24. The predicted octanol–water partition coefficient (Wildman–Crippen LogP) is 2.64. The Kier molecular flexibility index (Phi) is 9.75. The Hall–Kier alpha value is -4.21. The summed E-state index contributed by atoms with van der Waals surface area (Å²) < 4.78 is 5.49. The number of hydrogen-bond donors (Lipinski definition) is 4. The van der Waals surface area contributed by atoms with Crippen molar-refractivity contribution in [2.75, 3.05) is 13.7 Å². The lowest BCUT2D eigenvalue weighted by Crippen LogP contribution is -2.55. The smallest absolute Gasteiger partial charge is 0.254 e. The van der Waals surface area contributed by atoms with Gasteiger partial charge in [0.2, 0.25) is 5.91 Å². The normalized spacial score (nSPS) is 18.0. The van der Waals surface area contributed by atoms with Gasteiger partial charge in [-0.15, -0.1) is 0 Å². The highest BCUT2D eigenvalue weighted by atomic mass is 16.5. The third-order valence-corrected chi connectivity index (χ3v) is 7.69. The van der Waals surface area contributed by atoms with Crippen molar-refractivity contribution in [3.63, 3.8) is 0 Å². The summed E-state index contributed by atoms with van der Waals surface area (Å²) >= 11 is 0. The molecule has 4 atom stereocenters. The van der Waals surface area contributed by atoms with Gasteiger partial charge in [-0.25, -0.2) is 0 Å². The molecule has 1 aliphatic rings. The van der Waals surface area contributed by atoms with Crippen LogP contribution in [0.5, 0.6) is 5.75 Å². The van der Waals surface area contributed by atoms with Crippen LogP contribution < -0.4 is 10.6 Å². The molecule has 1 heterocycles. The summed E-state index contributed by atoms with van der Waals surface area (Å²) in [4.78, 5) is 41.6. The van der Waals surface area contributed by atoms with Crippen molar-refractivity contribution in [1.82, 2.24) is 15.5 Å². The van der Waals surface area contributed by atoms with Gasteiger partial charge in [0.15, 0.2) is 6.10 Å². The minimum absolute atomic E-state index is 0.0314. The number of likely N-dealkylation sites (tertiary alicyclic amines) is 1. The molecule has 3 amide bonds. The van der Waals surface area contributed by atoms with Crippen LogP contribution in [-0.4, -0.2) is 70.8 Å². The standard InChI is InChI=1S/C32H37N3O6/c1-20-10-7-8-13-23(20)18-33-31(39)27-17-24(41-3)19-35(27)32(40)29(37)26(16-22-11-5-4-6-12-22)34-30(38)25-14-9-15-28(36)21(25)2/h4-15,24,26-27,29,36-37H,16-19H2,1-3H3,(H,33,39)(H,34,38). The first-order chi connectivity index (χ1) is 19.7. The maximum Gasteiger partial charge on any atom is 0.254 e. The lowest BCUT2D eigenvalue weighted by molar-refractivity contribution is -0.146. The molecule has 0 radical (unpaired) electrons. The average molecular weight is 560 g/mol. The molecule has 1 fully saturated rings. The number of phenolic OH excluding ortho intramolecular Hbond substituents is 1. The van der Waals surface area contributed by atoms with Crippen LogP contribution in [-0.2, 0) is 27.3 Å². The van der Waals surface area contributed by atoms with Gasteiger partial charge in [0.1, 0.15) is 11.8 Å². The topological polar surface area (TPSA) is 128 Å². The van der Waals surface area contributed by atoms with E-state index in [1.807, 2.05) is 61.5 Å². The Morgan fingerprint density at radius 3 is 2.41 bits per heavy atom. The number of rotatable bonds is 10. The van der Waals surface area contributed by atoms with Crippen LogP contribution in [0, 0.1) is 13.8 Å². The van der Waals surface area contributed by atoms with E-state index >= 15 is 0 Å². The maximum atomic E-state index is 13.8. The van der Waals surface area contributed by atoms with Crippen molar-refractivity contribution in [2.24, 2.45) is 0 Å². The van der Waals surface area contributed by atoms with Gasteiger partial charge in [0.25, 0.3) is 11.8 Å². The fourth-order valence-corrected chi connectivity index (χ4v) is 5.14. The van der Waals surface area contributed by atoms with E-state index in [2.05, 4.69) is 10.6 Å². The fourth-order valence-electron chi connectivity index (χ4n) is 5.14. The van der Waals surface area contributed by atoms with E-state index in [0.717, 1.165) is 16.7 Å². The predicted molar refractivity (Wildman–Crippen MR) is 154 cm³/mol. The monoisotopic (exact) mass is 559 g/mol. The molecule has 0 saturated carbocycles. The van der Waals surface area contributed by atoms with Crippen molar-refractivity contribution >= 4 is 17.7 Å². The van der Waals surface area contributed by atoms with Crippen LogP contribution >= 0.6 is 0 Å². The largest absolute Gasteiger partial charge is 0.508 e. The molecule has 1 saturated heterocycles. The first kappa shape index (κ1) is 29.8. The number of carbonyl (C=O) groups is 3. The lowest BCUT2D eigenvalue weighted by atomic mass is 9.98. The SMILES string of the molecule is COC1CC(C(=O)NCc2ccccc2C)N(C(=O)C(O)C(Cc2ccccc2)NC(=O)c2cccc(O)c2C)C1. The quantitative estimate of drug-likeness (QED) is 0.302. The van der Waals surface area contributed by atoms with Gasteiger partial charge in [-0.3, -0.25) is 14.4 Å². The summed E-state index contributed by atoms with van der Waals surface area (Å²) in [6.07, 6.45) is -1.56. The lowest BCUT2D eigenvalue weighted by Gasteiger charge is -2.30. The third-order valence-electron chi connectivity index (χ3n) is 7.69. The third kappa shape index (κ3) is 7.11. The number of phenols is 1. The second-order valence-electron chi connectivity index (χ2n) is 10.4. The Balaban J connectivity index is 1.54. The van der Waals surface area contributed by atoms with Crippen LogP contribution in [0.2, 0.25) is 0 Å². The number of carbonyl (C=O) groups excluding carboxylic acids is 3. The van der Waals surface area contributed by atoms with Gasteiger partial charge in [-0.1, -0.05) is 60.7 Å². The Labute approximate surface area is 240 Å². The molecule has 4 unspecified atom stereocenters. The minimum Gasteiger partial charge on any atom is -0.508 e. The zero-order valence-electron chi connectivity index (χ0n) is 23.5. The van der Waals surface area contributed by atoms with E-state index in [1.54, 1.807) is 19.1 Å². The zero-order chi connectivity index (χ0) is 29.5. The van der Waals surface area contributed by atoms with E-state index in [-0.39, 0.29) is 42.7 Å².